The van der Waals surface area contributed by atoms with Gasteiger partial charge in [-0.15, -0.1) is 0 Å². The lowest BCUT2D eigenvalue weighted by atomic mass is 9.93. The van der Waals surface area contributed by atoms with Gasteiger partial charge in [0.15, 0.2) is 23.1 Å². The van der Waals surface area contributed by atoms with Crippen molar-refractivity contribution in [3.8, 4) is 23.1 Å². The molecule has 1 saturated carbocycles. The smallest absolute Gasteiger partial charge is 0.240 e. The molecule has 4 rings (SSSR count). The van der Waals surface area contributed by atoms with E-state index in [0.717, 1.165) is 25.7 Å². The van der Waals surface area contributed by atoms with Gasteiger partial charge >= 0.3 is 0 Å². The average Bonchev–Trinajstić information content (AvgIpc) is 3.65. The summed E-state index contributed by atoms with van der Waals surface area (Å²) in [5.74, 6) is -1.48. The molecule has 1 aliphatic rings. The third-order valence-electron chi connectivity index (χ3n) is 8.32. The molecule has 0 radical (unpaired) electrons. The van der Waals surface area contributed by atoms with Crippen LogP contribution < -0.4 is 24.8 Å². The number of hydrogen-bond donors (Lipinski definition) is 2. The molecular formula is C35H41F2N5O5. The second-order valence-electron chi connectivity index (χ2n) is 11.8. The van der Waals surface area contributed by atoms with E-state index in [-0.39, 0.29) is 29.4 Å². The van der Waals surface area contributed by atoms with Gasteiger partial charge in [0.2, 0.25) is 17.7 Å². The summed E-state index contributed by atoms with van der Waals surface area (Å²) in [6.45, 7) is 15.7. The first kappa shape index (κ1) is 35.0. The number of halogens is 2. The molecule has 2 aromatic carbocycles. The van der Waals surface area contributed by atoms with Crippen molar-refractivity contribution < 1.29 is 32.6 Å². The minimum atomic E-state index is -1.43. The Morgan fingerprint density at radius 1 is 1.06 bits per heavy atom. The number of carbonyl (C=O) groups excluding carboxylic acids is 2. The van der Waals surface area contributed by atoms with Crippen LogP contribution in [0.2, 0.25) is 0 Å². The van der Waals surface area contributed by atoms with Crippen molar-refractivity contribution in [2.75, 3.05) is 38.7 Å². The highest BCUT2D eigenvalue weighted by Gasteiger charge is 2.71. The van der Waals surface area contributed by atoms with E-state index in [1.165, 1.54) is 50.7 Å². The number of nitrogens with zero attached hydrogens (tertiary/aromatic N) is 3. The lowest BCUT2D eigenvalue weighted by Crippen LogP contribution is -2.42. The molecule has 250 valence electrons. The highest BCUT2D eigenvalue weighted by molar-refractivity contribution is 6.14. The Bertz CT molecular complexity index is 1720. The number of likely N-dealkylation sites (N-methyl/N-ethyl adjacent to an activating group) is 1. The third kappa shape index (κ3) is 7.76. The molecule has 3 aromatic rings. The van der Waals surface area contributed by atoms with Crippen LogP contribution in [0.3, 0.4) is 0 Å². The van der Waals surface area contributed by atoms with E-state index >= 15 is 4.39 Å². The number of nitrogens with one attached hydrogen (secondary N) is 2. The van der Waals surface area contributed by atoms with Crippen LogP contribution in [0.1, 0.15) is 41.0 Å². The minimum absolute atomic E-state index is 0.0953. The summed E-state index contributed by atoms with van der Waals surface area (Å²) in [7, 11) is 1.52. The van der Waals surface area contributed by atoms with Crippen LogP contribution in [-0.4, -0.2) is 60.0 Å². The van der Waals surface area contributed by atoms with Crippen LogP contribution >= 0.6 is 0 Å². The topological polar surface area (TPSA) is 115 Å². The Hall–Kier alpha value is -4.84. The maximum absolute atomic E-state index is 15.3. The molecule has 0 saturated heterocycles. The minimum Gasteiger partial charge on any atom is -0.493 e. The number of anilines is 1. The molecule has 1 unspecified atom stereocenters. The van der Waals surface area contributed by atoms with Gasteiger partial charge in [0.1, 0.15) is 18.3 Å². The van der Waals surface area contributed by atoms with Gasteiger partial charge in [-0.3, -0.25) is 9.59 Å². The van der Waals surface area contributed by atoms with Crippen LogP contribution in [0, 0.1) is 16.6 Å². The fourth-order valence-corrected chi connectivity index (χ4v) is 5.32. The van der Waals surface area contributed by atoms with Crippen molar-refractivity contribution in [3.63, 3.8) is 0 Å². The zero-order valence-corrected chi connectivity index (χ0v) is 27.6. The lowest BCUT2D eigenvalue weighted by Gasteiger charge is -2.20. The van der Waals surface area contributed by atoms with E-state index in [4.69, 9.17) is 14.2 Å². The van der Waals surface area contributed by atoms with Crippen molar-refractivity contribution in [3.05, 3.63) is 78.8 Å². The molecule has 2 amide bonds. The molecule has 1 fully saturated rings. The van der Waals surface area contributed by atoms with Crippen molar-refractivity contribution >= 4 is 28.4 Å². The first-order chi connectivity index (χ1) is 22.4. The predicted octanol–water partition coefficient (Wildman–Crippen LogP) is 6.70. The van der Waals surface area contributed by atoms with Gasteiger partial charge in [-0.1, -0.05) is 34.3 Å². The highest BCUT2D eigenvalue weighted by atomic mass is 19.1. The first-order valence-electron chi connectivity index (χ1n) is 15.3. The Kier molecular flexibility index (Phi) is 11.0. The van der Waals surface area contributed by atoms with Gasteiger partial charge in [0.25, 0.3) is 0 Å². The lowest BCUT2D eigenvalue weighted by molar-refractivity contribution is -0.135. The molecule has 1 heterocycles. The molecule has 47 heavy (non-hydrogen) atoms. The quantitative estimate of drug-likeness (QED) is 0.138. The molecule has 10 nitrogen and oxygen atoms in total. The Balaban J connectivity index is 1.51. The fourth-order valence-electron chi connectivity index (χ4n) is 5.32. The van der Waals surface area contributed by atoms with E-state index in [2.05, 4.69) is 45.9 Å². The number of hydrogen-bond acceptors (Lipinski definition) is 8. The summed E-state index contributed by atoms with van der Waals surface area (Å²) in [6.07, 6.45) is 5.45. The summed E-state index contributed by atoms with van der Waals surface area (Å²) in [4.78, 5) is 37.5. The standard InChI is InChI=1S/C35H41F2N5O5/c1-8-23(12-11-22(4)36)40-32(43)35(20-34(35,5)6)33(44)41-24-13-14-28(26(37)17-24)47-31-25-18-29(45-7)30(19-27(25)38-21-39-31)46-16-15-42(9-2)10-3/h8,11-14,17-19,21H,1,9-10,15-16,20H2,2-7H3,(H,40,43)(H,41,44)/b22-11+,23-12+. The molecule has 0 aliphatic heterocycles. The molecule has 0 spiro atoms. The highest BCUT2D eigenvalue weighted by Crippen LogP contribution is 2.64. The van der Waals surface area contributed by atoms with E-state index < -0.39 is 34.3 Å². The monoisotopic (exact) mass is 649 g/mol. The van der Waals surface area contributed by atoms with E-state index in [0.29, 0.717) is 29.0 Å². The van der Waals surface area contributed by atoms with Gasteiger partial charge in [-0.05, 0) is 68.3 Å². The van der Waals surface area contributed by atoms with Crippen molar-refractivity contribution in [1.82, 2.24) is 20.2 Å². The Labute approximate surface area is 273 Å². The van der Waals surface area contributed by atoms with E-state index in [1.807, 2.05) is 0 Å². The first-order valence-corrected chi connectivity index (χ1v) is 15.3. The second kappa shape index (κ2) is 14.7. The molecule has 12 heteroatoms. The van der Waals surface area contributed by atoms with Gasteiger partial charge in [-0.2, -0.15) is 0 Å². The van der Waals surface area contributed by atoms with Crippen molar-refractivity contribution in [2.45, 2.75) is 41.0 Å². The van der Waals surface area contributed by atoms with Gasteiger partial charge in [0, 0.05) is 30.1 Å². The van der Waals surface area contributed by atoms with Crippen LogP contribution in [0.5, 0.6) is 23.1 Å². The summed E-state index contributed by atoms with van der Waals surface area (Å²) in [5.41, 5.74) is -1.22. The van der Waals surface area contributed by atoms with Crippen molar-refractivity contribution in [2.24, 2.45) is 10.8 Å². The summed E-state index contributed by atoms with van der Waals surface area (Å²) < 4.78 is 45.9. The number of rotatable bonds is 15. The van der Waals surface area contributed by atoms with Crippen LogP contribution in [-0.2, 0) is 9.59 Å². The Morgan fingerprint density at radius 3 is 2.38 bits per heavy atom. The number of benzene rings is 2. The summed E-state index contributed by atoms with van der Waals surface area (Å²) in [6, 6.07) is 7.32. The number of aromatic nitrogens is 2. The average molecular weight is 650 g/mol. The zero-order chi connectivity index (χ0) is 34.4. The van der Waals surface area contributed by atoms with E-state index in [9.17, 15) is 14.0 Å². The number of fused-ring (bicyclic) bond motifs is 1. The van der Waals surface area contributed by atoms with Gasteiger partial charge < -0.3 is 29.7 Å². The molecule has 1 aliphatic carbocycles. The number of allylic oxidation sites excluding steroid dienone is 4. The second-order valence-corrected chi connectivity index (χ2v) is 11.8. The summed E-state index contributed by atoms with van der Waals surface area (Å²) >= 11 is 0. The number of methoxy groups -OCH3 is 1. The molecule has 0 bridgehead atoms. The number of amides is 2. The van der Waals surface area contributed by atoms with Crippen molar-refractivity contribution in [1.29, 1.82) is 0 Å². The maximum Gasteiger partial charge on any atom is 0.240 e. The van der Waals surface area contributed by atoms with E-state index in [1.54, 1.807) is 26.0 Å². The largest absolute Gasteiger partial charge is 0.493 e. The SMILES string of the molecule is C=C/C(=C\C=C(/C)F)NC(=O)C1(C(=O)Nc2ccc(Oc3ncnc4cc(OCCN(CC)CC)c(OC)cc34)c(F)c2)CC1(C)C. The predicted molar refractivity (Wildman–Crippen MR) is 177 cm³/mol. The molecule has 1 aromatic heterocycles. The maximum atomic E-state index is 15.3. The van der Waals surface area contributed by atoms with Crippen LogP contribution in [0.15, 0.2) is 73.0 Å². The van der Waals surface area contributed by atoms with Gasteiger partial charge in [-0.25, -0.2) is 18.7 Å². The van der Waals surface area contributed by atoms with Crippen LogP contribution in [0.4, 0.5) is 14.5 Å². The summed E-state index contributed by atoms with van der Waals surface area (Å²) in [5, 5.41) is 5.79. The fraction of sp³-hybridized carbons (Fsp3) is 0.371. The third-order valence-corrected chi connectivity index (χ3v) is 8.32. The number of carbonyl (C=O) groups is 2. The molecule has 2 N–H and O–H groups in total. The van der Waals surface area contributed by atoms with Gasteiger partial charge in [0.05, 0.1) is 23.8 Å². The molecular weight excluding hydrogens is 608 g/mol. The normalized spacial score (nSPS) is 17.3. The number of ether oxygens (including phenoxy) is 3. The zero-order valence-electron chi connectivity index (χ0n) is 27.6. The Morgan fingerprint density at radius 2 is 1.79 bits per heavy atom. The molecule has 1 atom stereocenters. The van der Waals surface area contributed by atoms with Crippen LogP contribution in [0.25, 0.3) is 10.9 Å².